The Morgan fingerprint density at radius 2 is 1.93 bits per heavy atom. The average Bonchev–Trinajstić information content (AvgIpc) is 2.74. The lowest BCUT2D eigenvalue weighted by Crippen LogP contribution is -2.57. The quantitative estimate of drug-likeness (QED) is 0.821. The number of nitrogens with zero attached hydrogens (tertiary/aromatic N) is 1. The number of carbonyl (C=O) groups excluding carboxylic acids is 2. The van der Waals surface area contributed by atoms with Gasteiger partial charge in [0.25, 0.3) is 5.91 Å². The minimum absolute atomic E-state index is 0.146. The molecule has 2 atom stereocenters. The Morgan fingerprint density at radius 3 is 2.56 bits per heavy atom. The summed E-state index contributed by atoms with van der Waals surface area (Å²) >= 11 is 0. The maximum Gasteiger partial charge on any atom is 0.331 e. The molecule has 0 aliphatic heterocycles. The molecule has 1 saturated carbocycles. The highest BCUT2D eigenvalue weighted by Crippen LogP contribution is 2.40. The number of carbonyl (C=O) groups is 2. The molecule has 2 aromatic rings. The summed E-state index contributed by atoms with van der Waals surface area (Å²) in [4.78, 5) is 29.4. The third-order valence-electron chi connectivity index (χ3n) is 5.16. The van der Waals surface area contributed by atoms with E-state index in [0.717, 1.165) is 24.2 Å². The van der Waals surface area contributed by atoms with Crippen LogP contribution in [0.3, 0.4) is 0 Å². The normalized spacial score (nSPS) is 21.9. The molecule has 6 heteroatoms. The molecule has 3 rings (SSSR count). The van der Waals surface area contributed by atoms with E-state index in [0.29, 0.717) is 12.8 Å². The van der Waals surface area contributed by atoms with Crippen LogP contribution in [0.4, 0.5) is 0 Å². The number of amides is 1. The fourth-order valence-electron chi connectivity index (χ4n) is 3.76. The fourth-order valence-corrected chi connectivity index (χ4v) is 3.76. The second-order valence-electron chi connectivity index (χ2n) is 6.81. The van der Waals surface area contributed by atoms with Crippen molar-refractivity contribution < 1.29 is 19.1 Å². The molecule has 1 aromatic carbocycles. The summed E-state index contributed by atoms with van der Waals surface area (Å²) in [5.41, 5.74) is 0.356. The maximum atomic E-state index is 12.7. The number of hydrogen-bond acceptors (Lipinski definition) is 5. The lowest BCUT2D eigenvalue weighted by atomic mass is 9.73. The molecule has 1 amide bonds. The van der Waals surface area contributed by atoms with Crippen LogP contribution in [-0.4, -0.2) is 36.6 Å². The monoisotopic (exact) mass is 368 g/mol. The number of nitrogens with one attached hydrogen (secondary N) is 1. The van der Waals surface area contributed by atoms with Gasteiger partial charge in [0, 0.05) is 6.20 Å². The predicted molar refractivity (Wildman–Crippen MR) is 101 cm³/mol. The van der Waals surface area contributed by atoms with Crippen LogP contribution in [0, 0.1) is 0 Å². The summed E-state index contributed by atoms with van der Waals surface area (Å²) < 4.78 is 10.3. The molecule has 0 radical (unpaired) electrons. The Labute approximate surface area is 158 Å². The summed E-state index contributed by atoms with van der Waals surface area (Å²) in [6.45, 7) is 0. The van der Waals surface area contributed by atoms with Crippen molar-refractivity contribution in [2.75, 3.05) is 14.2 Å². The van der Waals surface area contributed by atoms with E-state index in [2.05, 4.69) is 10.3 Å². The summed E-state index contributed by atoms with van der Waals surface area (Å²) in [6, 6.07) is 13.0. The molecule has 142 valence electrons. The predicted octanol–water partition coefficient (Wildman–Crippen LogP) is 3.09. The van der Waals surface area contributed by atoms with Gasteiger partial charge < -0.3 is 14.8 Å². The summed E-state index contributed by atoms with van der Waals surface area (Å²) in [5.74, 6) is 0.159. The van der Waals surface area contributed by atoms with Crippen LogP contribution in [0.25, 0.3) is 0 Å². The zero-order valence-electron chi connectivity index (χ0n) is 15.6. The molecule has 1 aromatic heterocycles. The Bertz CT molecular complexity index is 792. The first kappa shape index (κ1) is 18.9. The van der Waals surface area contributed by atoms with E-state index in [4.69, 9.17) is 9.47 Å². The largest absolute Gasteiger partial charge is 0.497 e. The van der Waals surface area contributed by atoms with Gasteiger partial charge in [0.15, 0.2) is 0 Å². The Balaban J connectivity index is 1.84. The van der Waals surface area contributed by atoms with Crippen molar-refractivity contribution in [1.29, 1.82) is 0 Å². The summed E-state index contributed by atoms with van der Waals surface area (Å²) in [5, 5.41) is 2.92. The number of hydrogen-bond donors (Lipinski definition) is 1. The molecular formula is C21H24N2O4. The molecular weight excluding hydrogens is 344 g/mol. The van der Waals surface area contributed by atoms with Gasteiger partial charge in [-0.15, -0.1) is 0 Å². The lowest BCUT2D eigenvalue weighted by molar-refractivity contribution is -0.150. The summed E-state index contributed by atoms with van der Waals surface area (Å²) in [6.07, 6.45) is 4.36. The molecule has 1 N–H and O–H groups in total. The molecule has 1 fully saturated rings. The van der Waals surface area contributed by atoms with E-state index in [1.54, 1.807) is 31.5 Å². The highest BCUT2D eigenvalue weighted by molar-refractivity contribution is 5.96. The average molecular weight is 368 g/mol. The van der Waals surface area contributed by atoms with Crippen LogP contribution in [0.2, 0.25) is 0 Å². The van der Waals surface area contributed by atoms with Crippen molar-refractivity contribution in [3.63, 3.8) is 0 Å². The minimum atomic E-state index is -1.05. The first-order chi connectivity index (χ1) is 13.1. The van der Waals surface area contributed by atoms with Crippen molar-refractivity contribution in [2.45, 2.75) is 37.1 Å². The second-order valence-corrected chi connectivity index (χ2v) is 6.81. The van der Waals surface area contributed by atoms with Crippen molar-refractivity contribution in [3.05, 3.63) is 59.9 Å². The minimum Gasteiger partial charge on any atom is -0.497 e. The van der Waals surface area contributed by atoms with Crippen LogP contribution in [0.1, 0.15) is 47.7 Å². The van der Waals surface area contributed by atoms with Gasteiger partial charge >= 0.3 is 5.97 Å². The van der Waals surface area contributed by atoms with E-state index in [9.17, 15) is 9.59 Å². The van der Waals surface area contributed by atoms with E-state index in [1.807, 2.05) is 24.3 Å². The van der Waals surface area contributed by atoms with E-state index in [-0.39, 0.29) is 17.5 Å². The van der Waals surface area contributed by atoms with Crippen molar-refractivity contribution >= 4 is 11.9 Å². The van der Waals surface area contributed by atoms with Gasteiger partial charge in [-0.25, -0.2) is 4.79 Å². The number of esters is 1. The molecule has 0 unspecified atom stereocenters. The number of pyridine rings is 1. The number of methoxy groups -OCH3 is 2. The number of rotatable bonds is 5. The molecule has 1 aliphatic rings. The van der Waals surface area contributed by atoms with E-state index in [1.165, 1.54) is 7.11 Å². The maximum absolute atomic E-state index is 12.7. The molecule has 0 bridgehead atoms. The standard InChI is InChI=1S/C21H24N2O4/c1-26-17-10-8-15(9-11-17)16-6-5-12-21(14-16,20(25)27-2)23-19(24)18-7-3-4-13-22-18/h3-4,7-11,13,16H,5-6,12,14H2,1-2H3,(H,23,24)/t16-,21+/m0/s1. The zero-order valence-corrected chi connectivity index (χ0v) is 15.6. The Kier molecular flexibility index (Phi) is 5.74. The van der Waals surface area contributed by atoms with Crippen molar-refractivity contribution in [2.24, 2.45) is 0 Å². The molecule has 6 nitrogen and oxygen atoms in total. The van der Waals surface area contributed by atoms with Gasteiger partial charge in [-0.3, -0.25) is 9.78 Å². The van der Waals surface area contributed by atoms with Crippen LogP contribution in [-0.2, 0) is 9.53 Å². The SMILES string of the molecule is COC(=O)[C@@]1(NC(=O)c2ccccn2)CCC[C@H](c2ccc(OC)cc2)C1. The van der Waals surface area contributed by atoms with Crippen LogP contribution >= 0.6 is 0 Å². The van der Waals surface area contributed by atoms with Gasteiger partial charge in [-0.05, 0) is 61.4 Å². The lowest BCUT2D eigenvalue weighted by Gasteiger charge is -2.39. The van der Waals surface area contributed by atoms with E-state index < -0.39 is 11.5 Å². The Hall–Kier alpha value is -2.89. The highest BCUT2D eigenvalue weighted by Gasteiger charge is 2.45. The topological polar surface area (TPSA) is 77.5 Å². The number of benzene rings is 1. The smallest absolute Gasteiger partial charge is 0.331 e. The number of aromatic nitrogens is 1. The third kappa shape index (κ3) is 4.10. The van der Waals surface area contributed by atoms with Gasteiger partial charge in [0.1, 0.15) is 17.0 Å². The van der Waals surface area contributed by atoms with Crippen molar-refractivity contribution in [1.82, 2.24) is 10.3 Å². The van der Waals surface area contributed by atoms with Crippen LogP contribution in [0.15, 0.2) is 48.7 Å². The molecule has 27 heavy (non-hydrogen) atoms. The third-order valence-corrected chi connectivity index (χ3v) is 5.16. The number of ether oxygens (including phenoxy) is 2. The first-order valence-corrected chi connectivity index (χ1v) is 9.04. The fraction of sp³-hybridized carbons (Fsp3) is 0.381. The second kappa shape index (κ2) is 8.20. The zero-order chi connectivity index (χ0) is 19.3. The highest BCUT2D eigenvalue weighted by atomic mass is 16.5. The van der Waals surface area contributed by atoms with Crippen LogP contribution < -0.4 is 10.1 Å². The molecule has 1 heterocycles. The van der Waals surface area contributed by atoms with Crippen molar-refractivity contribution in [3.8, 4) is 5.75 Å². The Morgan fingerprint density at radius 1 is 1.15 bits per heavy atom. The summed E-state index contributed by atoms with van der Waals surface area (Å²) in [7, 11) is 2.99. The first-order valence-electron chi connectivity index (χ1n) is 9.04. The van der Waals surface area contributed by atoms with E-state index >= 15 is 0 Å². The van der Waals surface area contributed by atoms with Gasteiger partial charge in [0.2, 0.25) is 0 Å². The van der Waals surface area contributed by atoms with Gasteiger partial charge in [0.05, 0.1) is 14.2 Å². The molecule has 1 aliphatic carbocycles. The molecule has 0 spiro atoms. The molecule has 0 saturated heterocycles. The van der Waals surface area contributed by atoms with Gasteiger partial charge in [-0.2, -0.15) is 0 Å². The van der Waals surface area contributed by atoms with Gasteiger partial charge in [-0.1, -0.05) is 18.2 Å². The van der Waals surface area contributed by atoms with Crippen LogP contribution in [0.5, 0.6) is 5.75 Å².